The first kappa shape index (κ1) is 29.8. The van der Waals surface area contributed by atoms with Gasteiger partial charge >= 0.3 is 23.9 Å². The van der Waals surface area contributed by atoms with Crippen LogP contribution in [0.1, 0.15) is 31.1 Å². The molecule has 0 radical (unpaired) electrons. The fraction of sp³-hybridized carbons (Fsp3) is 0.360. The minimum atomic E-state index is -0.631. The molecule has 0 atom stereocenters. The molecule has 0 amide bonds. The van der Waals surface area contributed by atoms with Gasteiger partial charge in [0, 0.05) is 16.7 Å². The normalized spacial score (nSPS) is 10.3. The molecular weight excluding hydrogens is 470 g/mol. The Balaban J connectivity index is 2.75. The zero-order valence-corrected chi connectivity index (χ0v) is 20.8. The fourth-order valence-corrected chi connectivity index (χ4v) is 2.22. The van der Waals surface area contributed by atoms with Crippen LogP contribution in [0, 0.1) is 0 Å². The van der Waals surface area contributed by atoms with Gasteiger partial charge in [0.1, 0.15) is 26.4 Å². The van der Waals surface area contributed by atoms with E-state index in [9.17, 15) is 19.2 Å². The Morgan fingerprint density at radius 2 is 1.22 bits per heavy atom. The van der Waals surface area contributed by atoms with Gasteiger partial charge in [-0.05, 0) is 39.0 Å². The highest BCUT2D eigenvalue weighted by molar-refractivity contribution is 5.90. The lowest BCUT2D eigenvalue weighted by Crippen LogP contribution is -2.27. The van der Waals surface area contributed by atoms with Crippen LogP contribution in [0.15, 0.2) is 71.1 Å². The molecule has 36 heavy (non-hydrogen) atoms. The number of rotatable bonds is 15. The van der Waals surface area contributed by atoms with Crippen LogP contribution in [0.5, 0.6) is 0 Å². The molecule has 194 valence electrons. The quantitative estimate of drug-likeness (QED) is 0.0884. The van der Waals surface area contributed by atoms with Crippen molar-refractivity contribution in [2.75, 3.05) is 39.5 Å². The number of carbonyl (C=O) groups excluding carboxylic acids is 4. The SMILES string of the molecule is C=C(C)C(=O)OCCOC(=O)c1cccc(N=NN(CCOC(=O)C(=C)C)CCOC(=O)C(=C)C)c1. The van der Waals surface area contributed by atoms with Gasteiger partial charge in [0.15, 0.2) is 0 Å². The predicted octanol–water partition coefficient (Wildman–Crippen LogP) is 3.50. The number of hydrogen-bond donors (Lipinski definition) is 0. The van der Waals surface area contributed by atoms with Crippen LogP contribution < -0.4 is 0 Å². The molecule has 0 N–H and O–H groups in total. The minimum absolute atomic E-state index is 0.00145. The molecule has 1 aromatic carbocycles. The second-order valence-electron chi connectivity index (χ2n) is 7.58. The first-order chi connectivity index (χ1) is 17.0. The summed E-state index contributed by atoms with van der Waals surface area (Å²) in [5, 5.41) is 9.65. The van der Waals surface area contributed by atoms with E-state index in [2.05, 4.69) is 30.1 Å². The molecule has 0 bridgehead atoms. The topological polar surface area (TPSA) is 133 Å². The summed E-state index contributed by atoms with van der Waals surface area (Å²) >= 11 is 0. The van der Waals surface area contributed by atoms with Crippen LogP contribution in [0.4, 0.5) is 5.69 Å². The van der Waals surface area contributed by atoms with Gasteiger partial charge in [-0.15, -0.1) is 5.11 Å². The van der Waals surface area contributed by atoms with Crippen molar-refractivity contribution in [3.8, 4) is 0 Å². The van der Waals surface area contributed by atoms with E-state index in [1.54, 1.807) is 12.1 Å². The molecule has 0 unspecified atom stereocenters. The molecule has 11 heteroatoms. The molecule has 11 nitrogen and oxygen atoms in total. The number of hydrogen-bond acceptors (Lipinski definition) is 10. The fourth-order valence-electron chi connectivity index (χ4n) is 2.22. The van der Waals surface area contributed by atoms with Crippen molar-refractivity contribution >= 4 is 29.6 Å². The Bertz CT molecular complexity index is 1000. The zero-order chi connectivity index (χ0) is 27.1. The third kappa shape index (κ3) is 11.7. The smallest absolute Gasteiger partial charge is 0.338 e. The van der Waals surface area contributed by atoms with Crippen molar-refractivity contribution in [1.82, 2.24) is 5.01 Å². The van der Waals surface area contributed by atoms with E-state index in [-0.39, 0.29) is 61.8 Å². The molecular formula is C25H31N3O8. The van der Waals surface area contributed by atoms with Crippen molar-refractivity contribution in [3.05, 3.63) is 66.3 Å². The zero-order valence-electron chi connectivity index (χ0n) is 20.8. The highest BCUT2D eigenvalue weighted by Crippen LogP contribution is 2.16. The van der Waals surface area contributed by atoms with E-state index in [1.807, 2.05) is 0 Å². The number of benzene rings is 1. The number of carbonyl (C=O) groups is 4. The second kappa shape index (κ2) is 15.6. The minimum Gasteiger partial charge on any atom is -0.460 e. The summed E-state index contributed by atoms with van der Waals surface area (Å²) < 4.78 is 20.1. The third-order valence-corrected chi connectivity index (χ3v) is 4.13. The van der Waals surface area contributed by atoms with E-state index in [1.165, 1.54) is 37.9 Å². The molecule has 0 saturated heterocycles. The van der Waals surface area contributed by atoms with Gasteiger partial charge < -0.3 is 18.9 Å². The third-order valence-electron chi connectivity index (χ3n) is 4.13. The average molecular weight is 502 g/mol. The molecule has 0 aliphatic heterocycles. The largest absolute Gasteiger partial charge is 0.460 e. The molecule has 0 saturated carbocycles. The maximum Gasteiger partial charge on any atom is 0.338 e. The van der Waals surface area contributed by atoms with Crippen LogP contribution in [-0.4, -0.2) is 68.4 Å². The maximum atomic E-state index is 12.3. The summed E-state index contributed by atoms with van der Waals surface area (Å²) in [6.07, 6.45) is 0. The van der Waals surface area contributed by atoms with Crippen LogP contribution in [0.25, 0.3) is 0 Å². The van der Waals surface area contributed by atoms with Gasteiger partial charge in [-0.1, -0.05) is 31.0 Å². The van der Waals surface area contributed by atoms with E-state index >= 15 is 0 Å². The monoisotopic (exact) mass is 501 g/mol. The predicted molar refractivity (Wildman–Crippen MR) is 130 cm³/mol. The summed E-state index contributed by atoms with van der Waals surface area (Å²) in [5.74, 6) is -2.28. The molecule has 0 aliphatic carbocycles. The molecule has 1 aromatic rings. The first-order valence-electron chi connectivity index (χ1n) is 10.9. The molecule has 0 aromatic heterocycles. The Morgan fingerprint density at radius 3 is 1.72 bits per heavy atom. The molecule has 0 aliphatic rings. The number of nitrogens with zero attached hydrogens (tertiary/aromatic N) is 3. The average Bonchev–Trinajstić information content (AvgIpc) is 2.84. The summed E-state index contributed by atoms with van der Waals surface area (Å²) in [7, 11) is 0. The maximum absolute atomic E-state index is 12.3. The van der Waals surface area contributed by atoms with Crippen LogP contribution in [0.3, 0.4) is 0 Å². The van der Waals surface area contributed by atoms with Crippen LogP contribution in [0.2, 0.25) is 0 Å². The van der Waals surface area contributed by atoms with Gasteiger partial charge in [-0.2, -0.15) is 0 Å². The van der Waals surface area contributed by atoms with E-state index < -0.39 is 23.9 Å². The Morgan fingerprint density at radius 1 is 0.750 bits per heavy atom. The Labute approximate surface area is 210 Å². The van der Waals surface area contributed by atoms with Gasteiger partial charge in [0.05, 0.1) is 24.3 Å². The Hall–Kier alpha value is -4.28. The summed E-state index contributed by atoms with van der Waals surface area (Å²) in [5.41, 5.74) is 1.33. The summed E-state index contributed by atoms with van der Waals surface area (Å²) in [6.45, 7) is 15.2. The lowest BCUT2D eigenvalue weighted by Gasteiger charge is -2.17. The lowest BCUT2D eigenvalue weighted by molar-refractivity contribution is -0.141. The van der Waals surface area contributed by atoms with Gasteiger partial charge in [-0.3, -0.25) is 5.01 Å². The van der Waals surface area contributed by atoms with Crippen molar-refractivity contribution < 1.29 is 38.1 Å². The van der Waals surface area contributed by atoms with Crippen LogP contribution in [-0.2, 0) is 33.3 Å². The second-order valence-corrected chi connectivity index (χ2v) is 7.58. The van der Waals surface area contributed by atoms with Gasteiger partial charge in [0.2, 0.25) is 0 Å². The molecule has 0 fully saturated rings. The molecule has 1 rings (SSSR count). The standard InChI is InChI=1S/C25H31N3O8/c1-17(2)22(29)33-12-10-28(11-13-34-23(30)18(3)4)27-26-21-9-7-8-20(16-21)25(32)36-15-14-35-24(31)19(5)6/h7-9,16H,1,3,5,10-15H2,2,4,6H3. The van der Waals surface area contributed by atoms with Gasteiger partial charge in [-0.25, -0.2) is 19.2 Å². The number of ether oxygens (including phenoxy) is 4. The van der Waals surface area contributed by atoms with Crippen molar-refractivity contribution in [1.29, 1.82) is 0 Å². The lowest BCUT2D eigenvalue weighted by atomic mass is 10.2. The van der Waals surface area contributed by atoms with E-state index in [0.717, 1.165) is 0 Å². The van der Waals surface area contributed by atoms with E-state index in [4.69, 9.17) is 18.9 Å². The van der Waals surface area contributed by atoms with Gasteiger partial charge in [0.25, 0.3) is 0 Å². The highest BCUT2D eigenvalue weighted by Gasteiger charge is 2.11. The van der Waals surface area contributed by atoms with Crippen molar-refractivity contribution in [2.24, 2.45) is 10.3 Å². The molecule has 0 spiro atoms. The summed E-state index contributed by atoms with van der Waals surface area (Å²) in [4.78, 5) is 46.8. The first-order valence-corrected chi connectivity index (χ1v) is 10.9. The van der Waals surface area contributed by atoms with Crippen molar-refractivity contribution in [2.45, 2.75) is 20.8 Å². The van der Waals surface area contributed by atoms with Crippen LogP contribution >= 0.6 is 0 Å². The highest BCUT2D eigenvalue weighted by atomic mass is 16.6. The Kier molecular flexibility index (Phi) is 12.9. The number of esters is 4. The summed E-state index contributed by atoms with van der Waals surface area (Å²) in [6, 6.07) is 6.22. The van der Waals surface area contributed by atoms with E-state index in [0.29, 0.717) is 5.69 Å². The molecule has 0 heterocycles. The van der Waals surface area contributed by atoms with Crippen molar-refractivity contribution in [3.63, 3.8) is 0 Å².